The van der Waals surface area contributed by atoms with E-state index in [0.29, 0.717) is 18.1 Å². The third kappa shape index (κ3) is 3.78. The Morgan fingerprint density at radius 1 is 1.39 bits per heavy atom. The number of hydrogen-bond acceptors (Lipinski definition) is 4. The van der Waals surface area contributed by atoms with E-state index >= 15 is 0 Å². The van der Waals surface area contributed by atoms with Crippen LogP contribution in [-0.2, 0) is 9.53 Å². The van der Waals surface area contributed by atoms with Gasteiger partial charge in [0.15, 0.2) is 0 Å². The van der Waals surface area contributed by atoms with Gasteiger partial charge >= 0.3 is 0 Å². The van der Waals surface area contributed by atoms with Crippen LogP contribution in [0.15, 0.2) is 22.8 Å². The summed E-state index contributed by atoms with van der Waals surface area (Å²) in [5.74, 6) is 1.29. The van der Waals surface area contributed by atoms with Crippen molar-refractivity contribution >= 4 is 5.91 Å². The summed E-state index contributed by atoms with van der Waals surface area (Å²) >= 11 is 0. The molecule has 5 nitrogen and oxygen atoms in total. The monoisotopic (exact) mass is 321 g/mol. The Balaban J connectivity index is 1.60. The topological polar surface area (TPSA) is 62.9 Å². The number of likely N-dealkylation sites (tertiary alicyclic amines) is 1. The third-order valence-corrected chi connectivity index (χ3v) is 5.39. The standard InChI is InChI=1S/C18H27NO4/c1-13(14-6-10-22-11-7-14)18(21)19-8-2-4-15(19)12-16(20)17-5-3-9-23-17/h3,5,9,13-16,20H,2,4,6-8,10-12H2,1H3. The molecule has 0 radical (unpaired) electrons. The zero-order valence-corrected chi connectivity index (χ0v) is 13.8. The lowest BCUT2D eigenvalue weighted by molar-refractivity contribution is -0.139. The fourth-order valence-electron chi connectivity index (χ4n) is 3.90. The number of aliphatic hydroxyl groups is 1. The molecule has 0 bridgehead atoms. The Bertz CT molecular complexity index is 495. The molecule has 3 atom stereocenters. The summed E-state index contributed by atoms with van der Waals surface area (Å²) in [5.41, 5.74) is 0. The predicted octanol–water partition coefficient (Wildman–Crippen LogP) is 2.76. The maximum absolute atomic E-state index is 12.9. The smallest absolute Gasteiger partial charge is 0.225 e. The van der Waals surface area contributed by atoms with Crippen LogP contribution in [0.1, 0.15) is 50.9 Å². The first-order valence-electron chi connectivity index (χ1n) is 8.76. The van der Waals surface area contributed by atoms with Gasteiger partial charge < -0.3 is 19.2 Å². The highest BCUT2D eigenvalue weighted by molar-refractivity contribution is 5.79. The molecule has 23 heavy (non-hydrogen) atoms. The van der Waals surface area contributed by atoms with Crippen molar-refractivity contribution in [3.8, 4) is 0 Å². The first kappa shape index (κ1) is 16.5. The van der Waals surface area contributed by atoms with Gasteiger partial charge in [-0.15, -0.1) is 0 Å². The molecule has 2 fully saturated rings. The molecule has 128 valence electrons. The lowest BCUT2D eigenvalue weighted by Crippen LogP contribution is -2.42. The number of amides is 1. The second kappa shape index (κ2) is 7.49. The second-order valence-electron chi connectivity index (χ2n) is 6.83. The van der Waals surface area contributed by atoms with Crippen LogP contribution in [0.5, 0.6) is 0 Å². The summed E-state index contributed by atoms with van der Waals surface area (Å²) in [5, 5.41) is 10.3. The van der Waals surface area contributed by atoms with Gasteiger partial charge in [-0.1, -0.05) is 6.92 Å². The van der Waals surface area contributed by atoms with Crippen molar-refractivity contribution in [2.75, 3.05) is 19.8 Å². The third-order valence-electron chi connectivity index (χ3n) is 5.39. The maximum atomic E-state index is 12.9. The molecule has 3 unspecified atom stereocenters. The zero-order chi connectivity index (χ0) is 16.2. The van der Waals surface area contributed by atoms with E-state index in [2.05, 4.69) is 6.92 Å². The largest absolute Gasteiger partial charge is 0.467 e. The first-order valence-corrected chi connectivity index (χ1v) is 8.76. The normalized spacial score (nSPS) is 25.5. The minimum atomic E-state index is -0.637. The van der Waals surface area contributed by atoms with Crippen molar-refractivity contribution < 1.29 is 19.1 Å². The van der Waals surface area contributed by atoms with Crippen LogP contribution in [0.3, 0.4) is 0 Å². The highest BCUT2D eigenvalue weighted by Gasteiger charge is 2.36. The molecule has 1 aromatic rings. The van der Waals surface area contributed by atoms with Gasteiger partial charge in [0.25, 0.3) is 0 Å². The number of ether oxygens (including phenoxy) is 1. The van der Waals surface area contributed by atoms with E-state index in [1.54, 1.807) is 18.4 Å². The number of furan rings is 1. The maximum Gasteiger partial charge on any atom is 0.225 e. The van der Waals surface area contributed by atoms with Gasteiger partial charge in [0.05, 0.1) is 6.26 Å². The van der Waals surface area contributed by atoms with E-state index in [-0.39, 0.29) is 17.9 Å². The average molecular weight is 321 g/mol. The average Bonchev–Trinajstić information content (AvgIpc) is 3.26. The van der Waals surface area contributed by atoms with Crippen molar-refractivity contribution in [2.45, 2.75) is 51.2 Å². The minimum Gasteiger partial charge on any atom is -0.467 e. The Morgan fingerprint density at radius 2 is 2.17 bits per heavy atom. The van der Waals surface area contributed by atoms with E-state index in [4.69, 9.17) is 9.15 Å². The molecule has 3 rings (SSSR count). The number of hydrogen-bond donors (Lipinski definition) is 1. The van der Waals surface area contributed by atoms with Crippen molar-refractivity contribution in [1.82, 2.24) is 4.90 Å². The molecule has 0 spiro atoms. The van der Waals surface area contributed by atoms with E-state index in [1.165, 1.54) is 0 Å². The van der Waals surface area contributed by atoms with Gasteiger partial charge in [-0.2, -0.15) is 0 Å². The van der Waals surface area contributed by atoms with Gasteiger partial charge in [0, 0.05) is 38.1 Å². The van der Waals surface area contributed by atoms with E-state index in [1.807, 2.05) is 4.90 Å². The van der Waals surface area contributed by atoms with Gasteiger partial charge in [-0.3, -0.25) is 4.79 Å². The number of aliphatic hydroxyl groups excluding tert-OH is 1. The van der Waals surface area contributed by atoms with Crippen molar-refractivity contribution in [1.29, 1.82) is 0 Å². The van der Waals surface area contributed by atoms with Crippen LogP contribution in [0.2, 0.25) is 0 Å². The fraction of sp³-hybridized carbons (Fsp3) is 0.722. The van der Waals surface area contributed by atoms with E-state index in [9.17, 15) is 9.90 Å². The van der Waals surface area contributed by atoms with Crippen molar-refractivity contribution in [2.24, 2.45) is 11.8 Å². The minimum absolute atomic E-state index is 0.0419. The molecule has 2 saturated heterocycles. The molecule has 2 aliphatic heterocycles. The molecule has 2 aliphatic rings. The van der Waals surface area contributed by atoms with Gasteiger partial charge in [0.2, 0.25) is 5.91 Å². The zero-order valence-electron chi connectivity index (χ0n) is 13.8. The van der Waals surface area contributed by atoms with E-state index in [0.717, 1.165) is 45.4 Å². The quantitative estimate of drug-likeness (QED) is 0.906. The Kier molecular flexibility index (Phi) is 5.38. The predicted molar refractivity (Wildman–Crippen MR) is 85.7 cm³/mol. The summed E-state index contributed by atoms with van der Waals surface area (Å²) < 4.78 is 10.7. The van der Waals surface area contributed by atoms with Crippen molar-refractivity contribution in [3.05, 3.63) is 24.2 Å². The summed E-state index contributed by atoms with van der Waals surface area (Å²) in [4.78, 5) is 14.9. The Labute approximate surface area is 137 Å². The Morgan fingerprint density at radius 3 is 2.87 bits per heavy atom. The number of rotatable bonds is 5. The first-order chi connectivity index (χ1) is 11.2. The number of carbonyl (C=O) groups is 1. The highest BCUT2D eigenvalue weighted by atomic mass is 16.5. The molecular weight excluding hydrogens is 294 g/mol. The lowest BCUT2D eigenvalue weighted by atomic mass is 9.86. The van der Waals surface area contributed by atoms with Crippen LogP contribution in [-0.4, -0.2) is 41.7 Å². The second-order valence-corrected chi connectivity index (χ2v) is 6.83. The molecular formula is C18H27NO4. The molecule has 5 heteroatoms. The van der Waals surface area contributed by atoms with Gasteiger partial charge in [-0.05, 0) is 43.7 Å². The summed E-state index contributed by atoms with van der Waals surface area (Å²) in [7, 11) is 0. The molecule has 0 aliphatic carbocycles. The van der Waals surface area contributed by atoms with Crippen LogP contribution in [0.4, 0.5) is 0 Å². The highest BCUT2D eigenvalue weighted by Crippen LogP contribution is 2.31. The molecule has 0 saturated carbocycles. The van der Waals surface area contributed by atoms with Crippen LogP contribution in [0, 0.1) is 11.8 Å². The fourth-order valence-corrected chi connectivity index (χ4v) is 3.90. The molecule has 1 amide bonds. The summed E-state index contributed by atoms with van der Waals surface area (Å²) in [6.45, 7) is 4.39. The molecule has 1 N–H and O–H groups in total. The van der Waals surface area contributed by atoms with Gasteiger partial charge in [0.1, 0.15) is 11.9 Å². The van der Waals surface area contributed by atoms with Crippen LogP contribution in [0.25, 0.3) is 0 Å². The molecule has 0 aromatic carbocycles. The number of carbonyl (C=O) groups excluding carboxylic acids is 1. The van der Waals surface area contributed by atoms with E-state index < -0.39 is 6.10 Å². The summed E-state index contributed by atoms with van der Waals surface area (Å²) in [6, 6.07) is 3.68. The summed E-state index contributed by atoms with van der Waals surface area (Å²) in [6.07, 6.45) is 5.41. The van der Waals surface area contributed by atoms with Crippen LogP contribution < -0.4 is 0 Å². The SMILES string of the molecule is CC(C(=O)N1CCCC1CC(O)c1ccco1)C1CCOCC1. The lowest BCUT2D eigenvalue weighted by Gasteiger charge is -2.33. The Hall–Kier alpha value is -1.33. The molecule has 1 aromatic heterocycles. The van der Waals surface area contributed by atoms with Gasteiger partial charge in [-0.25, -0.2) is 0 Å². The molecule has 3 heterocycles. The van der Waals surface area contributed by atoms with Crippen LogP contribution >= 0.6 is 0 Å². The number of nitrogens with zero attached hydrogens (tertiary/aromatic N) is 1. The van der Waals surface area contributed by atoms with Crippen molar-refractivity contribution in [3.63, 3.8) is 0 Å².